The van der Waals surface area contributed by atoms with Gasteiger partial charge in [0, 0.05) is 11.6 Å². The first kappa shape index (κ1) is 16.8. The summed E-state index contributed by atoms with van der Waals surface area (Å²) >= 11 is 7.60. The molecule has 108 valence electrons. The summed E-state index contributed by atoms with van der Waals surface area (Å²) in [4.78, 5) is 12.5. The summed E-state index contributed by atoms with van der Waals surface area (Å²) in [5.41, 5.74) is 0.583. The average molecular weight is 312 g/mol. The van der Waals surface area contributed by atoms with Crippen molar-refractivity contribution in [1.82, 2.24) is 5.32 Å². The van der Waals surface area contributed by atoms with Crippen molar-refractivity contribution in [2.75, 3.05) is 6.54 Å². The van der Waals surface area contributed by atoms with Crippen LogP contribution in [0.5, 0.6) is 0 Å². The second kappa shape index (κ2) is 8.84. The zero-order valence-electron chi connectivity index (χ0n) is 11.3. The fourth-order valence-corrected chi connectivity index (χ4v) is 2.57. The van der Waals surface area contributed by atoms with Crippen LogP contribution in [0, 0.1) is 0 Å². The fourth-order valence-electron chi connectivity index (χ4n) is 1.76. The van der Waals surface area contributed by atoms with Crippen LogP contribution >= 0.6 is 23.4 Å². The molecule has 3 nitrogen and oxygen atoms in total. The molecule has 20 heavy (non-hydrogen) atoms. The van der Waals surface area contributed by atoms with Gasteiger partial charge in [-0.05, 0) is 35.3 Å². The Balaban J connectivity index is 2.68. The van der Waals surface area contributed by atoms with Crippen molar-refractivity contribution in [3.8, 4) is 0 Å². The van der Waals surface area contributed by atoms with Crippen molar-refractivity contribution in [3.05, 3.63) is 57.8 Å². The standard InChI is InChI=1S/C15H18ClNO2S/c1-3-11(20-4-2)9-10-17-14(15(18)19)12-7-5-6-8-13(12)16/h3-8,14,17H,2,9-10H2,1H3,(H,18,19)/b11-3-. The van der Waals surface area contributed by atoms with Gasteiger partial charge in [0.05, 0.1) is 0 Å². The lowest BCUT2D eigenvalue weighted by Crippen LogP contribution is -2.29. The van der Waals surface area contributed by atoms with Gasteiger partial charge in [-0.15, -0.1) is 11.8 Å². The van der Waals surface area contributed by atoms with Crippen molar-refractivity contribution in [2.45, 2.75) is 19.4 Å². The van der Waals surface area contributed by atoms with Crippen LogP contribution in [0.1, 0.15) is 24.9 Å². The van der Waals surface area contributed by atoms with E-state index < -0.39 is 12.0 Å². The van der Waals surface area contributed by atoms with Gasteiger partial charge < -0.3 is 10.4 Å². The van der Waals surface area contributed by atoms with E-state index >= 15 is 0 Å². The molecule has 0 bridgehead atoms. The Morgan fingerprint density at radius 2 is 2.25 bits per heavy atom. The van der Waals surface area contributed by atoms with E-state index in [0.717, 1.165) is 11.3 Å². The second-order valence-corrected chi connectivity index (χ2v) is 5.54. The van der Waals surface area contributed by atoms with Crippen LogP contribution < -0.4 is 5.32 Å². The molecular formula is C15H18ClNO2S. The number of hydrogen-bond acceptors (Lipinski definition) is 3. The molecule has 1 atom stereocenters. The number of rotatable bonds is 8. The molecule has 2 N–H and O–H groups in total. The number of thioether (sulfide) groups is 1. The van der Waals surface area contributed by atoms with Crippen LogP contribution in [0.15, 0.2) is 47.2 Å². The Bertz CT molecular complexity index is 502. The molecule has 5 heteroatoms. The minimum Gasteiger partial charge on any atom is -0.480 e. The highest BCUT2D eigenvalue weighted by Gasteiger charge is 2.21. The topological polar surface area (TPSA) is 49.3 Å². The molecule has 1 rings (SSSR count). The molecule has 1 unspecified atom stereocenters. The number of nitrogens with one attached hydrogen (secondary N) is 1. The molecule has 0 aromatic heterocycles. The number of aliphatic carboxylic acids is 1. The first-order valence-electron chi connectivity index (χ1n) is 6.23. The van der Waals surface area contributed by atoms with Gasteiger partial charge in [-0.25, -0.2) is 0 Å². The molecule has 0 heterocycles. The molecule has 0 aliphatic carbocycles. The summed E-state index contributed by atoms with van der Waals surface area (Å²) < 4.78 is 0. The normalized spacial score (nSPS) is 13.0. The van der Waals surface area contributed by atoms with Gasteiger partial charge in [-0.1, -0.05) is 42.5 Å². The van der Waals surface area contributed by atoms with Crippen molar-refractivity contribution in [2.24, 2.45) is 0 Å². The van der Waals surface area contributed by atoms with Gasteiger partial charge in [-0.2, -0.15) is 0 Å². The maximum atomic E-state index is 11.4. The molecule has 0 saturated heterocycles. The van der Waals surface area contributed by atoms with Crippen molar-refractivity contribution < 1.29 is 9.90 Å². The fraction of sp³-hybridized carbons (Fsp3) is 0.267. The van der Waals surface area contributed by atoms with Crippen molar-refractivity contribution in [1.29, 1.82) is 0 Å². The van der Waals surface area contributed by atoms with E-state index in [0.29, 0.717) is 17.1 Å². The summed E-state index contributed by atoms with van der Waals surface area (Å²) in [7, 11) is 0. The molecule has 0 amide bonds. The van der Waals surface area contributed by atoms with Gasteiger partial charge in [-0.3, -0.25) is 4.79 Å². The minimum absolute atomic E-state index is 0.458. The zero-order chi connectivity index (χ0) is 15.0. The maximum absolute atomic E-state index is 11.4. The van der Waals surface area contributed by atoms with Gasteiger partial charge in [0.25, 0.3) is 0 Å². The van der Waals surface area contributed by atoms with Crippen LogP contribution in [0.2, 0.25) is 5.02 Å². The lowest BCUT2D eigenvalue weighted by molar-refractivity contribution is -0.139. The Kier molecular flexibility index (Phi) is 7.44. The summed E-state index contributed by atoms with van der Waals surface area (Å²) in [6.45, 7) is 6.18. The number of benzene rings is 1. The van der Waals surface area contributed by atoms with E-state index in [4.69, 9.17) is 11.6 Å². The number of carboxylic acid groups (broad SMARTS) is 1. The molecule has 1 aromatic carbocycles. The Morgan fingerprint density at radius 1 is 1.55 bits per heavy atom. The predicted molar refractivity (Wildman–Crippen MR) is 86.0 cm³/mol. The Hall–Kier alpha value is -1.23. The number of halogens is 1. The summed E-state index contributed by atoms with van der Waals surface area (Å²) in [5, 5.41) is 14.6. The van der Waals surface area contributed by atoms with E-state index in [1.807, 2.05) is 13.0 Å². The molecule has 0 saturated carbocycles. The van der Waals surface area contributed by atoms with Gasteiger partial charge >= 0.3 is 5.97 Å². The second-order valence-electron chi connectivity index (χ2n) is 4.04. The average Bonchev–Trinajstić information content (AvgIpc) is 2.43. The lowest BCUT2D eigenvalue weighted by atomic mass is 10.1. The summed E-state index contributed by atoms with van der Waals surface area (Å²) in [6.07, 6.45) is 2.75. The Morgan fingerprint density at radius 3 is 2.80 bits per heavy atom. The SMILES string of the molecule is C=CS/C(=C\C)CCNC(C(=O)O)c1ccccc1Cl. The molecule has 1 aromatic rings. The summed E-state index contributed by atoms with van der Waals surface area (Å²) in [5.74, 6) is -0.934. The highest BCUT2D eigenvalue weighted by molar-refractivity contribution is 8.05. The van der Waals surface area contributed by atoms with E-state index in [2.05, 4.69) is 11.9 Å². The third-order valence-corrected chi connectivity index (χ3v) is 3.99. The van der Waals surface area contributed by atoms with Gasteiger partial charge in [0.2, 0.25) is 0 Å². The van der Waals surface area contributed by atoms with Crippen LogP contribution in [-0.4, -0.2) is 17.6 Å². The molecule has 0 radical (unpaired) electrons. The Labute approximate surface area is 128 Å². The van der Waals surface area contributed by atoms with E-state index in [-0.39, 0.29) is 0 Å². The molecule has 0 aliphatic rings. The van der Waals surface area contributed by atoms with Crippen LogP contribution in [0.3, 0.4) is 0 Å². The molecule has 0 spiro atoms. The van der Waals surface area contributed by atoms with Crippen LogP contribution in [-0.2, 0) is 4.79 Å². The quantitative estimate of drug-likeness (QED) is 0.754. The van der Waals surface area contributed by atoms with E-state index in [9.17, 15) is 9.90 Å². The highest BCUT2D eigenvalue weighted by Crippen LogP contribution is 2.24. The molecule has 0 fully saturated rings. The van der Waals surface area contributed by atoms with Crippen molar-refractivity contribution >= 4 is 29.3 Å². The lowest BCUT2D eigenvalue weighted by Gasteiger charge is -2.16. The van der Waals surface area contributed by atoms with Crippen LogP contribution in [0.25, 0.3) is 0 Å². The van der Waals surface area contributed by atoms with Gasteiger partial charge in [0.15, 0.2) is 0 Å². The molecule has 0 aliphatic heterocycles. The third kappa shape index (κ3) is 5.04. The largest absolute Gasteiger partial charge is 0.480 e. The maximum Gasteiger partial charge on any atom is 0.325 e. The smallest absolute Gasteiger partial charge is 0.325 e. The molecular weight excluding hydrogens is 294 g/mol. The number of carbonyl (C=O) groups is 1. The minimum atomic E-state index is -0.934. The number of hydrogen-bond donors (Lipinski definition) is 2. The van der Waals surface area contributed by atoms with E-state index in [1.165, 1.54) is 0 Å². The van der Waals surface area contributed by atoms with Crippen molar-refractivity contribution in [3.63, 3.8) is 0 Å². The van der Waals surface area contributed by atoms with Crippen LogP contribution in [0.4, 0.5) is 0 Å². The highest BCUT2D eigenvalue weighted by atomic mass is 35.5. The first-order valence-corrected chi connectivity index (χ1v) is 7.49. The van der Waals surface area contributed by atoms with E-state index in [1.54, 1.807) is 41.4 Å². The zero-order valence-corrected chi connectivity index (χ0v) is 12.9. The number of allylic oxidation sites excluding steroid dienone is 1. The first-order chi connectivity index (χ1) is 9.60. The third-order valence-electron chi connectivity index (χ3n) is 2.74. The summed E-state index contributed by atoms with van der Waals surface area (Å²) in [6, 6.07) is 6.19. The van der Waals surface area contributed by atoms with Gasteiger partial charge in [0.1, 0.15) is 6.04 Å². The predicted octanol–water partition coefficient (Wildman–Crippen LogP) is 4.23. The number of carboxylic acids is 1. The monoisotopic (exact) mass is 311 g/mol.